The second kappa shape index (κ2) is 14.6. The SMILES string of the molecule is C=CC(=O)OCCCCCCOc1ccc(C#Cc2ccc(C#Cc3ccc(F)c(F)c3)c(C(F)(F)F)c2)cc1. The van der Waals surface area contributed by atoms with Crippen LogP contribution in [0.15, 0.2) is 73.3 Å². The van der Waals surface area contributed by atoms with Crippen LogP contribution in [-0.4, -0.2) is 19.2 Å². The molecular weight excluding hydrogens is 527 g/mol. The summed E-state index contributed by atoms with van der Waals surface area (Å²) < 4.78 is 78.0. The minimum Gasteiger partial charge on any atom is -0.494 e. The lowest BCUT2D eigenvalue weighted by atomic mass is 10.0. The van der Waals surface area contributed by atoms with Gasteiger partial charge in [0.15, 0.2) is 11.6 Å². The van der Waals surface area contributed by atoms with E-state index in [1.54, 1.807) is 24.3 Å². The molecule has 0 fully saturated rings. The number of rotatable bonds is 9. The average molecular weight is 553 g/mol. The summed E-state index contributed by atoms with van der Waals surface area (Å²) in [6.45, 7) is 4.22. The Bertz CT molecular complexity index is 1450. The molecular formula is C32H25F5O3. The van der Waals surface area contributed by atoms with Crippen molar-refractivity contribution in [2.24, 2.45) is 0 Å². The number of unbranched alkanes of at least 4 members (excludes halogenated alkanes) is 3. The van der Waals surface area contributed by atoms with Crippen LogP contribution in [0.5, 0.6) is 5.75 Å². The number of esters is 1. The van der Waals surface area contributed by atoms with E-state index < -0.39 is 29.3 Å². The average Bonchev–Trinajstić information content (AvgIpc) is 2.94. The highest BCUT2D eigenvalue weighted by atomic mass is 19.4. The van der Waals surface area contributed by atoms with Crippen LogP contribution in [0.3, 0.4) is 0 Å². The summed E-state index contributed by atoms with van der Waals surface area (Å²) in [4.78, 5) is 11.0. The first-order valence-corrected chi connectivity index (χ1v) is 12.4. The molecule has 0 bridgehead atoms. The van der Waals surface area contributed by atoms with E-state index in [1.165, 1.54) is 18.2 Å². The molecule has 0 aromatic heterocycles. The van der Waals surface area contributed by atoms with Gasteiger partial charge in [0.1, 0.15) is 5.75 Å². The predicted octanol–water partition coefficient (Wildman–Crippen LogP) is 7.45. The summed E-state index contributed by atoms with van der Waals surface area (Å²) >= 11 is 0. The van der Waals surface area contributed by atoms with E-state index in [-0.39, 0.29) is 16.7 Å². The first-order valence-electron chi connectivity index (χ1n) is 12.4. The minimum atomic E-state index is -4.69. The smallest absolute Gasteiger partial charge is 0.417 e. The van der Waals surface area contributed by atoms with Gasteiger partial charge in [-0.05, 0) is 86.3 Å². The quantitative estimate of drug-likeness (QED) is 0.0910. The first-order chi connectivity index (χ1) is 19.2. The molecule has 3 nitrogen and oxygen atoms in total. The Morgan fingerprint density at radius 1 is 0.750 bits per heavy atom. The van der Waals surface area contributed by atoms with Crippen molar-refractivity contribution >= 4 is 5.97 Å². The molecule has 0 amide bonds. The fraction of sp³-hybridized carbons (Fsp3) is 0.219. The van der Waals surface area contributed by atoms with Gasteiger partial charge in [-0.25, -0.2) is 13.6 Å². The van der Waals surface area contributed by atoms with Crippen LogP contribution >= 0.6 is 0 Å². The van der Waals surface area contributed by atoms with Gasteiger partial charge in [0.2, 0.25) is 0 Å². The largest absolute Gasteiger partial charge is 0.494 e. The summed E-state index contributed by atoms with van der Waals surface area (Å²) in [5.41, 5.74) is -0.495. The van der Waals surface area contributed by atoms with Gasteiger partial charge in [-0.15, -0.1) is 0 Å². The third-order valence-electron chi connectivity index (χ3n) is 5.51. The second-order valence-corrected chi connectivity index (χ2v) is 8.55. The molecule has 0 aliphatic carbocycles. The molecule has 0 saturated carbocycles. The number of alkyl halides is 3. The topological polar surface area (TPSA) is 35.5 Å². The molecule has 0 atom stereocenters. The maximum atomic E-state index is 13.7. The maximum absolute atomic E-state index is 13.7. The van der Waals surface area contributed by atoms with E-state index in [9.17, 15) is 26.7 Å². The van der Waals surface area contributed by atoms with Gasteiger partial charge < -0.3 is 9.47 Å². The molecule has 40 heavy (non-hydrogen) atoms. The van der Waals surface area contributed by atoms with Gasteiger partial charge in [0.25, 0.3) is 0 Å². The van der Waals surface area contributed by atoms with E-state index in [2.05, 4.69) is 30.3 Å². The Morgan fingerprint density at radius 3 is 2.02 bits per heavy atom. The summed E-state index contributed by atoms with van der Waals surface area (Å²) in [5, 5.41) is 0. The van der Waals surface area contributed by atoms with E-state index in [4.69, 9.17) is 9.47 Å². The molecule has 0 aliphatic rings. The van der Waals surface area contributed by atoms with Crippen molar-refractivity contribution in [2.45, 2.75) is 31.9 Å². The molecule has 0 saturated heterocycles. The highest BCUT2D eigenvalue weighted by Crippen LogP contribution is 2.32. The summed E-state index contributed by atoms with van der Waals surface area (Å²) in [7, 11) is 0. The molecule has 0 unspecified atom stereocenters. The van der Waals surface area contributed by atoms with Crippen LogP contribution in [0.2, 0.25) is 0 Å². The second-order valence-electron chi connectivity index (χ2n) is 8.55. The lowest BCUT2D eigenvalue weighted by Gasteiger charge is -2.09. The Morgan fingerprint density at radius 2 is 1.35 bits per heavy atom. The summed E-state index contributed by atoms with van der Waals surface area (Å²) in [6, 6.07) is 13.3. The van der Waals surface area contributed by atoms with Crippen molar-refractivity contribution in [1.82, 2.24) is 0 Å². The summed E-state index contributed by atoms with van der Waals surface area (Å²) in [6.07, 6.45) is -0.130. The predicted molar refractivity (Wildman–Crippen MR) is 141 cm³/mol. The Balaban J connectivity index is 1.57. The van der Waals surface area contributed by atoms with Crippen LogP contribution < -0.4 is 4.74 Å². The molecule has 3 aromatic rings. The molecule has 3 aromatic carbocycles. The molecule has 3 rings (SSSR count). The Kier molecular flexibility index (Phi) is 10.9. The van der Waals surface area contributed by atoms with E-state index >= 15 is 0 Å². The van der Waals surface area contributed by atoms with Gasteiger partial charge in [0.05, 0.1) is 18.8 Å². The van der Waals surface area contributed by atoms with Crippen molar-refractivity contribution < 1.29 is 36.2 Å². The Labute approximate surface area is 229 Å². The molecule has 0 N–H and O–H groups in total. The number of hydrogen-bond donors (Lipinski definition) is 0. The number of benzene rings is 3. The van der Waals surface area contributed by atoms with Crippen LogP contribution in [0.1, 0.15) is 53.5 Å². The molecule has 206 valence electrons. The van der Waals surface area contributed by atoms with Gasteiger partial charge in [-0.3, -0.25) is 0 Å². The number of ether oxygens (including phenoxy) is 2. The highest BCUT2D eigenvalue weighted by Gasteiger charge is 2.33. The standard InChI is InChI=1S/C32H25F5O3/c1-2-31(38)40-20-6-4-3-5-19-39-27-16-11-23(12-17-27)7-8-24-9-14-26(28(21-24)32(35,36)37)15-10-25-13-18-29(33)30(34)22-25/h2,9,11-14,16-18,21-22H,1,3-6,19-20H2. The monoisotopic (exact) mass is 552 g/mol. The van der Waals surface area contributed by atoms with Crippen molar-refractivity contribution in [2.75, 3.05) is 13.2 Å². The van der Waals surface area contributed by atoms with Crippen molar-refractivity contribution in [3.05, 3.63) is 113 Å². The fourth-order valence-corrected chi connectivity index (χ4v) is 3.44. The van der Waals surface area contributed by atoms with Gasteiger partial charge in [-0.1, -0.05) is 30.3 Å². The van der Waals surface area contributed by atoms with Crippen LogP contribution in [-0.2, 0) is 15.7 Å². The van der Waals surface area contributed by atoms with E-state index in [1.807, 2.05) is 0 Å². The van der Waals surface area contributed by atoms with Crippen molar-refractivity contribution in [1.29, 1.82) is 0 Å². The molecule has 0 aliphatic heterocycles. The maximum Gasteiger partial charge on any atom is 0.417 e. The third-order valence-corrected chi connectivity index (χ3v) is 5.51. The molecule has 8 heteroatoms. The third kappa shape index (κ3) is 9.63. The van der Waals surface area contributed by atoms with Crippen LogP contribution in [0.25, 0.3) is 0 Å². The summed E-state index contributed by atoms with van der Waals surface area (Å²) in [5.74, 6) is 8.40. The minimum absolute atomic E-state index is 0.0482. The highest BCUT2D eigenvalue weighted by molar-refractivity contribution is 5.81. The molecule has 0 heterocycles. The van der Waals surface area contributed by atoms with Crippen LogP contribution in [0.4, 0.5) is 22.0 Å². The van der Waals surface area contributed by atoms with Crippen molar-refractivity contribution in [3.63, 3.8) is 0 Å². The normalized spacial score (nSPS) is 10.5. The number of hydrogen-bond acceptors (Lipinski definition) is 3. The number of carbonyl (C=O) groups excluding carboxylic acids is 1. The van der Waals surface area contributed by atoms with E-state index in [0.29, 0.717) is 24.5 Å². The zero-order chi connectivity index (χ0) is 29.0. The van der Waals surface area contributed by atoms with Crippen LogP contribution in [0, 0.1) is 35.3 Å². The number of halogens is 5. The first kappa shape index (κ1) is 30.0. The lowest BCUT2D eigenvalue weighted by Crippen LogP contribution is -2.08. The van der Waals surface area contributed by atoms with Gasteiger partial charge in [0, 0.05) is 28.3 Å². The van der Waals surface area contributed by atoms with Gasteiger partial charge >= 0.3 is 12.1 Å². The Hall–Kier alpha value is -4.56. The fourth-order valence-electron chi connectivity index (χ4n) is 3.44. The molecule has 0 spiro atoms. The number of carbonyl (C=O) groups is 1. The lowest BCUT2D eigenvalue weighted by molar-refractivity contribution is -0.138. The molecule has 0 radical (unpaired) electrons. The zero-order valence-corrected chi connectivity index (χ0v) is 21.4. The van der Waals surface area contributed by atoms with Gasteiger partial charge in [-0.2, -0.15) is 13.2 Å². The zero-order valence-electron chi connectivity index (χ0n) is 21.4. The van der Waals surface area contributed by atoms with Crippen molar-refractivity contribution in [3.8, 4) is 29.4 Å². The van der Waals surface area contributed by atoms with E-state index in [0.717, 1.165) is 50.0 Å².